The van der Waals surface area contributed by atoms with Crippen LogP contribution in [0.5, 0.6) is 0 Å². The lowest BCUT2D eigenvalue weighted by molar-refractivity contribution is 0.0556. The predicted molar refractivity (Wildman–Crippen MR) is 65.5 cm³/mol. The van der Waals surface area contributed by atoms with E-state index in [9.17, 15) is 4.79 Å². The smallest absolute Gasteiger partial charge is 0.434 e. The largest absolute Gasteiger partial charge is 0.508 e. The molecule has 0 saturated carbocycles. The van der Waals surface area contributed by atoms with E-state index >= 15 is 0 Å². The Morgan fingerprint density at radius 3 is 2.24 bits per heavy atom. The number of ether oxygens (including phenoxy) is 2. The van der Waals surface area contributed by atoms with Crippen molar-refractivity contribution in [2.24, 2.45) is 0 Å². The second-order valence-corrected chi connectivity index (χ2v) is 3.98. The van der Waals surface area contributed by atoms with Crippen LogP contribution in [0, 0.1) is 11.3 Å². The topological polar surface area (TPSA) is 59.3 Å². The van der Waals surface area contributed by atoms with E-state index in [1.807, 2.05) is 6.07 Å². The predicted octanol–water partition coefficient (Wildman–Crippen LogP) is 3.80. The summed E-state index contributed by atoms with van der Waals surface area (Å²) in [6, 6.07) is 1.89. The second kappa shape index (κ2) is 12.8. The van der Waals surface area contributed by atoms with Gasteiger partial charge in [-0.3, -0.25) is 0 Å². The Hall–Kier alpha value is -1.24. The van der Waals surface area contributed by atoms with Crippen molar-refractivity contribution in [2.45, 2.75) is 58.3 Å². The van der Waals surface area contributed by atoms with Crippen LogP contribution >= 0.6 is 0 Å². The number of carbonyl (C=O) groups is 1. The lowest BCUT2D eigenvalue weighted by Gasteiger charge is -2.04. The number of unbranched alkanes of at least 4 members (excludes halogenated alkanes) is 6. The highest BCUT2D eigenvalue weighted by Crippen LogP contribution is 2.06. The quantitative estimate of drug-likeness (QED) is 0.431. The molecule has 0 heterocycles. The molecule has 0 unspecified atom stereocenters. The number of nitriles is 1. The van der Waals surface area contributed by atoms with Crippen molar-refractivity contribution in [1.29, 1.82) is 5.26 Å². The molecule has 0 atom stereocenters. The Morgan fingerprint density at radius 1 is 1.00 bits per heavy atom. The Balaban J connectivity index is 3.11. The normalized spacial score (nSPS) is 9.65. The summed E-state index contributed by atoms with van der Waals surface area (Å²) in [5.74, 6) is 0. The SMILES string of the molecule is CCCCCCCCCOC(=O)OCCC#N. The molecule has 0 N–H and O–H groups in total. The van der Waals surface area contributed by atoms with Crippen LogP contribution in [-0.2, 0) is 9.47 Å². The summed E-state index contributed by atoms with van der Waals surface area (Å²) >= 11 is 0. The Kier molecular flexibility index (Phi) is 11.9. The first kappa shape index (κ1) is 15.8. The number of hydrogen-bond donors (Lipinski definition) is 0. The summed E-state index contributed by atoms with van der Waals surface area (Å²) in [5.41, 5.74) is 0. The standard InChI is InChI=1S/C13H23NO3/c1-2-3-4-5-6-7-8-11-16-13(15)17-12-9-10-14/h2-9,11-12H2,1H3. The molecule has 0 saturated heterocycles. The fourth-order valence-corrected chi connectivity index (χ4v) is 1.44. The van der Waals surface area contributed by atoms with Crippen molar-refractivity contribution in [1.82, 2.24) is 0 Å². The van der Waals surface area contributed by atoms with E-state index in [-0.39, 0.29) is 13.0 Å². The molecule has 0 aliphatic heterocycles. The summed E-state index contributed by atoms with van der Waals surface area (Å²) < 4.78 is 9.50. The van der Waals surface area contributed by atoms with Gasteiger partial charge < -0.3 is 9.47 Å². The zero-order valence-corrected chi connectivity index (χ0v) is 10.7. The highest BCUT2D eigenvalue weighted by molar-refractivity contribution is 5.59. The minimum Gasteiger partial charge on any atom is -0.434 e. The Morgan fingerprint density at radius 2 is 1.59 bits per heavy atom. The Bertz CT molecular complexity index is 223. The fraction of sp³-hybridized carbons (Fsp3) is 0.846. The van der Waals surface area contributed by atoms with Crippen molar-refractivity contribution in [3.63, 3.8) is 0 Å². The number of nitrogens with zero attached hydrogens (tertiary/aromatic N) is 1. The lowest BCUT2D eigenvalue weighted by Crippen LogP contribution is -2.09. The van der Waals surface area contributed by atoms with Gasteiger partial charge in [0, 0.05) is 0 Å². The van der Waals surface area contributed by atoms with E-state index in [1.165, 1.54) is 32.1 Å². The maximum atomic E-state index is 10.9. The van der Waals surface area contributed by atoms with Crippen LogP contribution in [0.4, 0.5) is 4.79 Å². The molecule has 0 aromatic carbocycles. The molecule has 0 aliphatic rings. The van der Waals surface area contributed by atoms with Crippen LogP contribution in [0.3, 0.4) is 0 Å². The van der Waals surface area contributed by atoms with Gasteiger partial charge >= 0.3 is 6.16 Å². The average molecular weight is 241 g/mol. The number of carbonyl (C=O) groups excluding carboxylic acids is 1. The third-order valence-corrected chi connectivity index (χ3v) is 2.40. The molecular weight excluding hydrogens is 218 g/mol. The van der Waals surface area contributed by atoms with Crippen LogP contribution in [-0.4, -0.2) is 19.4 Å². The van der Waals surface area contributed by atoms with Gasteiger partial charge in [0.2, 0.25) is 0 Å². The summed E-state index contributed by atoms with van der Waals surface area (Å²) in [5, 5.41) is 8.23. The molecule has 0 spiro atoms. The zero-order chi connectivity index (χ0) is 12.8. The first-order valence-corrected chi connectivity index (χ1v) is 6.47. The summed E-state index contributed by atoms with van der Waals surface area (Å²) in [4.78, 5) is 10.9. The lowest BCUT2D eigenvalue weighted by atomic mass is 10.1. The maximum absolute atomic E-state index is 10.9. The third kappa shape index (κ3) is 12.7. The van der Waals surface area contributed by atoms with Gasteiger partial charge in [-0.05, 0) is 6.42 Å². The van der Waals surface area contributed by atoms with E-state index in [2.05, 4.69) is 11.7 Å². The van der Waals surface area contributed by atoms with E-state index in [0.717, 1.165) is 12.8 Å². The highest BCUT2D eigenvalue weighted by Gasteiger charge is 2.02. The average Bonchev–Trinajstić information content (AvgIpc) is 2.33. The van der Waals surface area contributed by atoms with Gasteiger partial charge in [-0.1, -0.05) is 45.4 Å². The fourth-order valence-electron chi connectivity index (χ4n) is 1.44. The first-order chi connectivity index (χ1) is 8.31. The molecule has 0 fully saturated rings. The van der Waals surface area contributed by atoms with Crippen LogP contribution in [0.15, 0.2) is 0 Å². The van der Waals surface area contributed by atoms with Gasteiger partial charge in [-0.2, -0.15) is 5.26 Å². The molecule has 0 bridgehead atoms. The van der Waals surface area contributed by atoms with Crippen molar-refractivity contribution >= 4 is 6.16 Å². The van der Waals surface area contributed by atoms with Gasteiger partial charge in [0.1, 0.15) is 6.61 Å². The van der Waals surface area contributed by atoms with E-state index < -0.39 is 6.16 Å². The first-order valence-electron chi connectivity index (χ1n) is 6.47. The van der Waals surface area contributed by atoms with E-state index in [4.69, 9.17) is 10.00 Å². The molecule has 17 heavy (non-hydrogen) atoms. The third-order valence-electron chi connectivity index (χ3n) is 2.40. The van der Waals surface area contributed by atoms with Crippen molar-refractivity contribution in [2.75, 3.05) is 13.2 Å². The number of hydrogen-bond acceptors (Lipinski definition) is 4. The monoisotopic (exact) mass is 241 g/mol. The zero-order valence-electron chi connectivity index (χ0n) is 10.7. The van der Waals surface area contributed by atoms with Gasteiger partial charge in [0.25, 0.3) is 0 Å². The molecule has 4 heteroatoms. The molecule has 0 aliphatic carbocycles. The van der Waals surface area contributed by atoms with Crippen LogP contribution < -0.4 is 0 Å². The van der Waals surface area contributed by atoms with Gasteiger partial charge in [-0.25, -0.2) is 4.79 Å². The van der Waals surface area contributed by atoms with Crippen LogP contribution in [0.1, 0.15) is 58.3 Å². The minimum atomic E-state index is -0.661. The molecule has 0 amide bonds. The van der Waals surface area contributed by atoms with Gasteiger partial charge in [-0.15, -0.1) is 0 Å². The van der Waals surface area contributed by atoms with E-state index in [0.29, 0.717) is 6.61 Å². The molecule has 0 aromatic rings. The van der Waals surface area contributed by atoms with Gasteiger partial charge in [0.15, 0.2) is 0 Å². The molecule has 98 valence electrons. The van der Waals surface area contributed by atoms with E-state index in [1.54, 1.807) is 0 Å². The summed E-state index contributed by atoms with van der Waals surface area (Å²) in [6.07, 6.45) is 7.87. The van der Waals surface area contributed by atoms with Crippen molar-refractivity contribution in [3.05, 3.63) is 0 Å². The van der Waals surface area contributed by atoms with Crippen LogP contribution in [0.2, 0.25) is 0 Å². The van der Waals surface area contributed by atoms with Gasteiger partial charge in [0.05, 0.1) is 19.1 Å². The van der Waals surface area contributed by atoms with Crippen molar-refractivity contribution in [3.8, 4) is 6.07 Å². The molecule has 0 radical (unpaired) electrons. The summed E-state index contributed by atoms with van der Waals surface area (Å²) in [6.45, 7) is 2.73. The van der Waals surface area contributed by atoms with Crippen molar-refractivity contribution < 1.29 is 14.3 Å². The van der Waals surface area contributed by atoms with Crippen LogP contribution in [0.25, 0.3) is 0 Å². The molecule has 0 aromatic heterocycles. The maximum Gasteiger partial charge on any atom is 0.508 e. The molecule has 4 nitrogen and oxygen atoms in total. The Labute approximate surface area is 104 Å². The summed E-state index contributed by atoms with van der Waals surface area (Å²) in [7, 11) is 0. The minimum absolute atomic E-state index is 0.117. The number of rotatable bonds is 10. The molecule has 0 rings (SSSR count). The highest BCUT2D eigenvalue weighted by atomic mass is 16.7. The molecular formula is C13H23NO3. The second-order valence-electron chi connectivity index (χ2n) is 3.98.